The van der Waals surface area contributed by atoms with Crippen LogP contribution in [0.1, 0.15) is 23.9 Å². The fourth-order valence-corrected chi connectivity index (χ4v) is 4.08. The van der Waals surface area contributed by atoms with Crippen LogP contribution in [0.3, 0.4) is 0 Å². The van der Waals surface area contributed by atoms with Crippen LogP contribution in [-0.4, -0.2) is 24.7 Å². The van der Waals surface area contributed by atoms with Gasteiger partial charge in [-0.25, -0.2) is 9.97 Å². The van der Waals surface area contributed by atoms with Gasteiger partial charge in [0.15, 0.2) is 11.0 Å². The van der Waals surface area contributed by atoms with Gasteiger partial charge in [-0.2, -0.15) is 0 Å². The Bertz CT molecular complexity index is 1100. The van der Waals surface area contributed by atoms with Crippen LogP contribution in [0, 0.1) is 13.8 Å². The number of fused-ring (bicyclic) bond motifs is 1. The summed E-state index contributed by atoms with van der Waals surface area (Å²) >= 11 is 1.65. The summed E-state index contributed by atoms with van der Waals surface area (Å²) in [5.74, 6) is 1.63. The Kier molecular flexibility index (Phi) is 4.90. The van der Waals surface area contributed by atoms with E-state index in [-0.39, 0.29) is 0 Å². The molecule has 0 N–H and O–H groups in total. The molecule has 4 aromatic rings. The lowest BCUT2D eigenvalue weighted by atomic mass is 10.1. The largest absolute Gasteiger partial charge is 0.302 e. The van der Waals surface area contributed by atoms with Crippen LogP contribution in [0.15, 0.2) is 53.7 Å². The van der Waals surface area contributed by atoms with E-state index in [0.717, 1.165) is 51.3 Å². The Morgan fingerprint density at radius 2 is 1.70 bits per heavy atom. The third kappa shape index (κ3) is 3.57. The van der Waals surface area contributed by atoms with E-state index in [2.05, 4.69) is 57.9 Å². The van der Waals surface area contributed by atoms with Crippen molar-refractivity contribution >= 4 is 22.8 Å². The molecule has 0 saturated heterocycles. The molecule has 0 aliphatic heterocycles. The Balaban J connectivity index is 1.61. The van der Waals surface area contributed by atoms with Gasteiger partial charge in [0.1, 0.15) is 0 Å². The van der Waals surface area contributed by atoms with Crippen molar-refractivity contribution in [2.75, 3.05) is 0 Å². The van der Waals surface area contributed by atoms with Crippen molar-refractivity contribution in [2.45, 2.75) is 38.2 Å². The summed E-state index contributed by atoms with van der Waals surface area (Å²) < 4.78 is 2.16. The second-order valence-electron chi connectivity index (χ2n) is 6.45. The highest BCUT2D eigenvalue weighted by Gasteiger charge is 2.14. The standard InChI is InChI=1S/C21H21N5S/c1-4-26-20(16-9-7-8-14(2)12-16)24-25-21(26)27-13-19-15(3)22-17-10-5-6-11-18(17)23-19/h5-12H,4,13H2,1-3H3. The van der Waals surface area contributed by atoms with E-state index in [0.29, 0.717) is 0 Å². The number of nitrogens with zero attached hydrogens (tertiary/aromatic N) is 5. The number of aryl methyl sites for hydroxylation is 2. The van der Waals surface area contributed by atoms with Crippen molar-refractivity contribution < 1.29 is 0 Å². The fourth-order valence-electron chi connectivity index (χ4n) is 3.07. The van der Waals surface area contributed by atoms with Crippen LogP contribution >= 0.6 is 11.8 Å². The molecule has 0 aliphatic carbocycles. The zero-order valence-electron chi connectivity index (χ0n) is 15.7. The summed E-state index contributed by atoms with van der Waals surface area (Å²) in [6, 6.07) is 16.3. The summed E-state index contributed by atoms with van der Waals surface area (Å²) in [6.07, 6.45) is 0. The molecule has 0 amide bonds. The summed E-state index contributed by atoms with van der Waals surface area (Å²) in [4.78, 5) is 9.46. The van der Waals surface area contributed by atoms with Gasteiger partial charge in [-0.05, 0) is 39.0 Å². The Labute approximate surface area is 162 Å². The molecule has 2 aromatic carbocycles. The van der Waals surface area contributed by atoms with Gasteiger partial charge in [-0.1, -0.05) is 47.7 Å². The first-order valence-corrected chi connectivity index (χ1v) is 9.99. The third-order valence-electron chi connectivity index (χ3n) is 4.49. The van der Waals surface area contributed by atoms with Crippen LogP contribution in [0.5, 0.6) is 0 Å². The van der Waals surface area contributed by atoms with Gasteiger partial charge >= 0.3 is 0 Å². The van der Waals surface area contributed by atoms with Gasteiger partial charge in [-0.3, -0.25) is 0 Å². The molecule has 5 nitrogen and oxygen atoms in total. The average molecular weight is 376 g/mol. The molecule has 6 heteroatoms. The minimum Gasteiger partial charge on any atom is -0.302 e. The normalized spacial score (nSPS) is 11.2. The molecule has 0 radical (unpaired) electrons. The van der Waals surface area contributed by atoms with Gasteiger partial charge in [-0.15, -0.1) is 10.2 Å². The molecule has 0 aliphatic rings. The molecule has 0 fully saturated rings. The van der Waals surface area contributed by atoms with Gasteiger partial charge in [0.2, 0.25) is 0 Å². The SMILES string of the molecule is CCn1c(SCc2nc3ccccc3nc2C)nnc1-c1cccc(C)c1. The smallest absolute Gasteiger partial charge is 0.191 e. The van der Waals surface area contributed by atoms with E-state index in [9.17, 15) is 0 Å². The topological polar surface area (TPSA) is 56.5 Å². The minimum absolute atomic E-state index is 0.718. The number of hydrogen-bond acceptors (Lipinski definition) is 5. The Morgan fingerprint density at radius 3 is 2.44 bits per heavy atom. The van der Waals surface area contributed by atoms with Crippen LogP contribution in [0.25, 0.3) is 22.4 Å². The molecule has 2 heterocycles. The number of para-hydroxylation sites is 2. The highest BCUT2D eigenvalue weighted by atomic mass is 32.2. The van der Waals surface area contributed by atoms with Gasteiger partial charge < -0.3 is 4.57 Å². The number of aromatic nitrogens is 5. The van der Waals surface area contributed by atoms with E-state index < -0.39 is 0 Å². The molecular weight excluding hydrogens is 354 g/mol. The van der Waals surface area contributed by atoms with Crippen LogP contribution in [-0.2, 0) is 12.3 Å². The van der Waals surface area contributed by atoms with Gasteiger partial charge in [0.05, 0.1) is 22.4 Å². The van der Waals surface area contributed by atoms with Crippen molar-refractivity contribution in [3.05, 3.63) is 65.5 Å². The lowest BCUT2D eigenvalue weighted by molar-refractivity contribution is 0.687. The Hall–Kier alpha value is -2.73. The highest BCUT2D eigenvalue weighted by molar-refractivity contribution is 7.98. The zero-order valence-corrected chi connectivity index (χ0v) is 16.5. The van der Waals surface area contributed by atoms with Crippen molar-refractivity contribution in [3.63, 3.8) is 0 Å². The minimum atomic E-state index is 0.718. The number of thioether (sulfide) groups is 1. The van der Waals surface area contributed by atoms with E-state index in [1.54, 1.807) is 11.8 Å². The summed E-state index contributed by atoms with van der Waals surface area (Å²) in [6.45, 7) is 7.04. The van der Waals surface area contributed by atoms with E-state index in [1.165, 1.54) is 5.56 Å². The molecule has 0 bridgehead atoms. The van der Waals surface area contributed by atoms with Crippen molar-refractivity contribution in [1.82, 2.24) is 24.7 Å². The number of hydrogen-bond donors (Lipinski definition) is 0. The zero-order chi connectivity index (χ0) is 18.8. The molecular formula is C21H21N5S. The van der Waals surface area contributed by atoms with Crippen LogP contribution in [0.2, 0.25) is 0 Å². The predicted octanol–water partition coefficient (Wildman–Crippen LogP) is 4.82. The van der Waals surface area contributed by atoms with E-state index in [4.69, 9.17) is 4.98 Å². The molecule has 0 saturated carbocycles. The maximum Gasteiger partial charge on any atom is 0.191 e. The first-order valence-electron chi connectivity index (χ1n) is 9.01. The molecule has 0 unspecified atom stereocenters. The second-order valence-corrected chi connectivity index (χ2v) is 7.40. The van der Waals surface area contributed by atoms with Gasteiger partial charge in [0.25, 0.3) is 0 Å². The second kappa shape index (κ2) is 7.48. The number of rotatable bonds is 5. The van der Waals surface area contributed by atoms with Crippen LogP contribution in [0.4, 0.5) is 0 Å². The Morgan fingerprint density at radius 1 is 0.926 bits per heavy atom. The summed E-state index contributed by atoms with van der Waals surface area (Å²) in [7, 11) is 0. The summed E-state index contributed by atoms with van der Waals surface area (Å²) in [5, 5.41) is 9.77. The maximum absolute atomic E-state index is 4.78. The average Bonchev–Trinajstić information content (AvgIpc) is 3.09. The van der Waals surface area contributed by atoms with E-state index >= 15 is 0 Å². The van der Waals surface area contributed by atoms with Crippen molar-refractivity contribution in [2.24, 2.45) is 0 Å². The first kappa shape index (κ1) is 17.7. The molecule has 0 atom stereocenters. The highest BCUT2D eigenvalue weighted by Crippen LogP contribution is 2.27. The summed E-state index contributed by atoms with van der Waals surface area (Å²) in [5.41, 5.74) is 6.12. The molecule has 4 rings (SSSR count). The molecule has 27 heavy (non-hydrogen) atoms. The van der Waals surface area contributed by atoms with Gasteiger partial charge in [0, 0.05) is 17.9 Å². The third-order valence-corrected chi connectivity index (χ3v) is 5.47. The molecule has 136 valence electrons. The predicted molar refractivity (Wildman–Crippen MR) is 110 cm³/mol. The van der Waals surface area contributed by atoms with Crippen molar-refractivity contribution in [3.8, 4) is 11.4 Å². The fraction of sp³-hybridized carbons (Fsp3) is 0.238. The van der Waals surface area contributed by atoms with Crippen molar-refractivity contribution in [1.29, 1.82) is 0 Å². The first-order chi connectivity index (χ1) is 13.2. The number of benzene rings is 2. The monoisotopic (exact) mass is 375 g/mol. The molecule has 0 spiro atoms. The maximum atomic E-state index is 4.78. The van der Waals surface area contributed by atoms with E-state index in [1.807, 2.05) is 31.2 Å². The van der Waals surface area contributed by atoms with Crippen LogP contribution < -0.4 is 0 Å². The lowest BCUT2D eigenvalue weighted by Crippen LogP contribution is -2.01. The quantitative estimate of drug-likeness (QED) is 0.468. The molecule has 2 aromatic heterocycles. The lowest BCUT2D eigenvalue weighted by Gasteiger charge is -2.09.